The largest absolute Gasteiger partial charge is 0.294 e. The van der Waals surface area contributed by atoms with Crippen molar-refractivity contribution in [2.45, 2.75) is 31.6 Å². The minimum atomic E-state index is -0.529. The number of ketones is 1. The summed E-state index contributed by atoms with van der Waals surface area (Å²) in [6.07, 6.45) is 3.40. The average Bonchev–Trinajstić information content (AvgIpc) is 2.63. The molecule has 4 rings (SSSR count). The van der Waals surface area contributed by atoms with Gasteiger partial charge in [-0.15, -0.1) is 0 Å². The summed E-state index contributed by atoms with van der Waals surface area (Å²) in [6, 6.07) is 9.93. The molecule has 0 saturated carbocycles. The maximum atomic E-state index is 14.4. The molecular formula is C20H16BrFN2O2. The van der Waals surface area contributed by atoms with Crippen LogP contribution in [-0.2, 0) is 9.59 Å². The van der Waals surface area contributed by atoms with Crippen LogP contribution in [0.1, 0.15) is 37.2 Å². The first-order valence-corrected chi connectivity index (χ1v) is 9.30. The Morgan fingerprint density at radius 2 is 1.92 bits per heavy atom. The van der Waals surface area contributed by atoms with Gasteiger partial charge in [0.05, 0.1) is 0 Å². The van der Waals surface area contributed by atoms with E-state index in [0.29, 0.717) is 41.9 Å². The number of carbonyl (C=O) groups is 2. The molecule has 1 atom stereocenters. The van der Waals surface area contributed by atoms with Gasteiger partial charge in [0.25, 0.3) is 0 Å². The van der Waals surface area contributed by atoms with E-state index in [1.807, 2.05) is 6.07 Å². The zero-order valence-corrected chi connectivity index (χ0v) is 15.5. The molecule has 0 spiro atoms. The number of hydrogen-bond donors (Lipinski definition) is 0. The lowest BCUT2D eigenvalue weighted by Gasteiger charge is -2.37. The fourth-order valence-corrected chi connectivity index (χ4v) is 4.02. The molecule has 0 unspecified atom stereocenters. The van der Waals surface area contributed by atoms with Crippen LogP contribution in [0.25, 0.3) is 0 Å². The van der Waals surface area contributed by atoms with Gasteiger partial charge in [-0.25, -0.2) is 9.37 Å². The van der Waals surface area contributed by atoms with E-state index in [1.165, 1.54) is 11.0 Å². The molecule has 26 heavy (non-hydrogen) atoms. The van der Waals surface area contributed by atoms with E-state index < -0.39 is 5.92 Å². The SMILES string of the molecule is O=C1CCCC2=C1[C@@H](c1ccccc1F)CC(=O)N2c1ccc(Br)cn1. The topological polar surface area (TPSA) is 50.3 Å². The van der Waals surface area contributed by atoms with Crippen molar-refractivity contribution >= 4 is 33.4 Å². The van der Waals surface area contributed by atoms with Crippen LogP contribution < -0.4 is 4.90 Å². The van der Waals surface area contributed by atoms with Gasteiger partial charge in [-0.3, -0.25) is 14.5 Å². The third-order valence-electron chi connectivity index (χ3n) is 4.90. The van der Waals surface area contributed by atoms with Crippen LogP contribution in [-0.4, -0.2) is 16.7 Å². The summed E-state index contributed by atoms with van der Waals surface area (Å²) in [4.78, 5) is 31.5. The second-order valence-electron chi connectivity index (χ2n) is 6.48. The Balaban J connectivity index is 1.87. The van der Waals surface area contributed by atoms with E-state index in [0.717, 1.165) is 4.47 Å². The fraction of sp³-hybridized carbons (Fsp3) is 0.250. The maximum absolute atomic E-state index is 14.4. The molecule has 132 valence electrons. The highest BCUT2D eigenvalue weighted by atomic mass is 79.9. The van der Waals surface area contributed by atoms with Crippen molar-refractivity contribution in [1.29, 1.82) is 0 Å². The number of amides is 1. The molecular weight excluding hydrogens is 399 g/mol. The van der Waals surface area contributed by atoms with Crippen LogP contribution in [0.15, 0.2) is 58.3 Å². The highest BCUT2D eigenvalue weighted by molar-refractivity contribution is 9.10. The number of pyridine rings is 1. The predicted molar refractivity (Wildman–Crippen MR) is 99.1 cm³/mol. The van der Waals surface area contributed by atoms with E-state index in [9.17, 15) is 14.0 Å². The number of nitrogens with zero attached hydrogens (tertiary/aromatic N) is 2. The monoisotopic (exact) mass is 414 g/mol. The molecule has 1 aliphatic carbocycles. The molecule has 2 heterocycles. The predicted octanol–water partition coefficient (Wildman–Crippen LogP) is 4.51. The summed E-state index contributed by atoms with van der Waals surface area (Å²) < 4.78 is 15.2. The van der Waals surface area contributed by atoms with E-state index >= 15 is 0 Å². The lowest BCUT2D eigenvalue weighted by molar-refractivity contribution is -0.120. The summed E-state index contributed by atoms with van der Waals surface area (Å²) in [5.41, 5.74) is 1.64. The number of anilines is 1. The normalized spacial score (nSPS) is 20.4. The van der Waals surface area contributed by atoms with Gasteiger partial charge in [0.2, 0.25) is 5.91 Å². The molecule has 2 aromatic rings. The van der Waals surface area contributed by atoms with Crippen LogP contribution in [0.4, 0.5) is 10.2 Å². The fourth-order valence-electron chi connectivity index (χ4n) is 3.78. The third kappa shape index (κ3) is 2.88. The minimum Gasteiger partial charge on any atom is -0.294 e. The molecule has 0 N–H and O–H groups in total. The first kappa shape index (κ1) is 17.1. The minimum absolute atomic E-state index is 0.00545. The number of carbonyl (C=O) groups excluding carboxylic acids is 2. The van der Waals surface area contributed by atoms with E-state index in [2.05, 4.69) is 20.9 Å². The number of hydrogen-bond acceptors (Lipinski definition) is 3. The Kier molecular flexibility index (Phi) is 4.44. The van der Waals surface area contributed by atoms with Crippen molar-refractivity contribution in [1.82, 2.24) is 4.98 Å². The summed E-state index contributed by atoms with van der Waals surface area (Å²) >= 11 is 3.34. The Hall–Kier alpha value is -2.34. The Bertz CT molecular complexity index is 924. The lowest BCUT2D eigenvalue weighted by atomic mass is 9.77. The van der Waals surface area contributed by atoms with Crippen molar-refractivity contribution in [2.24, 2.45) is 0 Å². The quantitative estimate of drug-likeness (QED) is 0.725. The molecule has 1 aromatic heterocycles. The smallest absolute Gasteiger partial charge is 0.233 e. The van der Waals surface area contributed by atoms with Crippen molar-refractivity contribution in [3.05, 3.63) is 69.7 Å². The molecule has 1 aromatic carbocycles. The zero-order valence-electron chi connectivity index (χ0n) is 13.9. The highest BCUT2D eigenvalue weighted by Crippen LogP contribution is 2.43. The number of aromatic nitrogens is 1. The van der Waals surface area contributed by atoms with Gasteiger partial charge < -0.3 is 0 Å². The Morgan fingerprint density at radius 1 is 1.12 bits per heavy atom. The number of halogens is 2. The van der Waals surface area contributed by atoms with Crippen LogP contribution >= 0.6 is 15.9 Å². The number of rotatable bonds is 2. The first-order valence-electron chi connectivity index (χ1n) is 8.51. The van der Waals surface area contributed by atoms with Crippen LogP contribution in [0.2, 0.25) is 0 Å². The van der Waals surface area contributed by atoms with Crippen molar-refractivity contribution < 1.29 is 14.0 Å². The first-order chi connectivity index (χ1) is 12.6. The van der Waals surface area contributed by atoms with Gasteiger partial charge >= 0.3 is 0 Å². The summed E-state index contributed by atoms with van der Waals surface area (Å²) in [5, 5.41) is 0. The lowest BCUT2D eigenvalue weighted by Crippen LogP contribution is -2.41. The van der Waals surface area contributed by atoms with E-state index in [-0.39, 0.29) is 23.9 Å². The molecule has 0 fully saturated rings. The third-order valence-corrected chi connectivity index (χ3v) is 5.37. The molecule has 0 saturated heterocycles. The molecule has 0 radical (unpaired) electrons. The van der Waals surface area contributed by atoms with Gasteiger partial charge in [-0.2, -0.15) is 0 Å². The van der Waals surface area contributed by atoms with Gasteiger partial charge in [0.1, 0.15) is 11.6 Å². The van der Waals surface area contributed by atoms with E-state index in [4.69, 9.17) is 0 Å². The molecule has 1 amide bonds. The van der Waals surface area contributed by atoms with Crippen molar-refractivity contribution in [3.8, 4) is 0 Å². The molecule has 0 bridgehead atoms. The highest BCUT2D eigenvalue weighted by Gasteiger charge is 2.40. The van der Waals surface area contributed by atoms with Crippen molar-refractivity contribution in [3.63, 3.8) is 0 Å². The van der Waals surface area contributed by atoms with Crippen molar-refractivity contribution in [2.75, 3.05) is 4.90 Å². The maximum Gasteiger partial charge on any atom is 0.233 e. The summed E-state index contributed by atoms with van der Waals surface area (Å²) in [7, 11) is 0. The summed E-state index contributed by atoms with van der Waals surface area (Å²) in [6.45, 7) is 0. The number of allylic oxidation sites excluding steroid dienone is 2. The van der Waals surface area contributed by atoms with E-state index in [1.54, 1.807) is 30.5 Å². The Morgan fingerprint density at radius 3 is 2.65 bits per heavy atom. The van der Waals surface area contributed by atoms with Gasteiger partial charge in [-0.05, 0) is 52.5 Å². The van der Waals surface area contributed by atoms with Gasteiger partial charge in [0, 0.05) is 40.7 Å². The van der Waals surface area contributed by atoms with Crippen LogP contribution in [0.5, 0.6) is 0 Å². The average molecular weight is 415 g/mol. The molecule has 4 nitrogen and oxygen atoms in total. The molecule has 1 aliphatic heterocycles. The van der Waals surface area contributed by atoms with Gasteiger partial charge in [0.15, 0.2) is 5.78 Å². The second kappa shape index (κ2) is 6.76. The summed E-state index contributed by atoms with van der Waals surface area (Å²) in [5.74, 6) is -0.591. The Labute approximate surface area is 158 Å². The standard InChI is InChI=1S/C20H16BrFN2O2/c21-12-8-9-18(23-11-12)24-16-6-3-7-17(25)20(16)14(10-19(24)26)13-4-1-2-5-15(13)22/h1-2,4-5,8-9,11,14H,3,6-7,10H2/t14-/m1/s1. The number of Topliss-reactive ketones (excluding diaryl/α,β-unsaturated/α-hetero) is 1. The molecule has 2 aliphatic rings. The second-order valence-corrected chi connectivity index (χ2v) is 7.39. The number of benzene rings is 1. The molecule has 6 heteroatoms. The van der Waals surface area contributed by atoms with Gasteiger partial charge in [-0.1, -0.05) is 18.2 Å². The zero-order chi connectivity index (χ0) is 18.3. The van der Waals surface area contributed by atoms with Crippen LogP contribution in [0.3, 0.4) is 0 Å². The van der Waals surface area contributed by atoms with Crippen LogP contribution in [0, 0.1) is 5.82 Å².